The minimum Gasteiger partial charge on any atom is -0.381 e. The van der Waals surface area contributed by atoms with E-state index < -0.39 is 0 Å². The molecule has 3 atom stereocenters. The molecule has 3 unspecified atom stereocenters. The van der Waals surface area contributed by atoms with Crippen molar-refractivity contribution in [3.05, 3.63) is 34.9 Å². The predicted molar refractivity (Wildman–Crippen MR) is 102 cm³/mol. The fraction of sp³-hybridized carbons (Fsp3) is 0.632. The molecule has 1 aromatic carbocycles. The number of amides is 2. The van der Waals surface area contributed by atoms with Crippen molar-refractivity contribution < 1.29 is 14.3 Å². The highest BCUT2D eigenvalue weighted by atomic mass is 35.5. The zero-order chi connectivity index (χ0) is 18.4. The van der Waals surface area contributed by atoms with Gasteiger partial charge in [-0.1, -0.05) is 29.8 Å². The minimum atomic E-state index is -0.172. The van der Waals surface area contributed by atoms with E-state index in [1.807, 2.05) is 31.2 Å². The van der Waals surface area contributed by atoms with Crippen LogP contribution in [-0.2, 0) is 9.47 Å². The topological polar surface area (TPSA) is 62.8 Å². The first-order valence-corrected chi connectivity index (χ1v) is 9.71. The third kappa shape index (κ3) is 5.10. The molecule has 1 aromatic rings. The maximum Gasteiger partial charge on any atom is 0.315 e. The van der Waals surface area contributed by atoms with Crippen molar-refractivity contribution in [2.75, 3.05) is 46.1 Å². The van der Waals surface area contributed by atoms with Crippen molar-refractivity contribution in [3.63, 3.8) is 0 Å². The Balaban J connectivity index is 1.54. The number of nitrogens with zero attached hydrogens (tertiary/aromatic N) is 1. The number of ether oxygens (including phenoxy) is 2. The average Bonchev–Trinajstić information content (AvgIpc) is 3.17. The first-order valence-electron chi connectivity index (χ1n) is 9.33. The van der Waals surface area contributed by atoms with Gasteiger partial charge in [-0.15, -0.1) is 0 Å². The maximum atomic E-state index is 12.4. The summed E-state index contributed by atoms with van der Waals surface area (Å²) in [6.45, 7) is 7.42. The molecule has 2 N–H and O–H groups in total. The number of morpholine rings is 1. The molecule has 0 spiro atoms. The molecule has 0 saturated carbocycles. The van der Waals surface area contributed by atoms with E-state index in [0.717, 1.165) is 51.5 Å². The van der Waals surface area contributed by atoms with Crippen LogP contribution in [0.1, 0.15) is 24.9 Å². The Morgan fingerprint density at radius 1 is 1.27 bits per heavy atom. The first-order chi connectivity index (χ1) is 12.6. The molecule has 2 aliphatic rings. The maximum absolute atomic E-state index is 12.4. The fourth-order valence-electron chi connectivity index (χ4n) is 3.71. The third-order valence-electron chi connectivity index (χ3n) is 5.21. The van der Waals surface area contributed by atoms with Gasteiger partial charge >= 0.3 is 6.03 Å². The quantitative estimate of drug-likeness (QED) is 0.794. The lowest BCUT2D eigenvalue weighted by Crippen LogP contribution is -2.53. The van der Waals surface area contributed by atoms with Gasteiger partial charge in [0.25, 0.3) is 0 Å². The van der Waals surface area contributed by atoms with Crippen molar-refractivity contribution >= 4 is 17.6 Å². The Hall–Kier alpha value is -1.34. The summed E-state index contributed by atoms with van der Waals surface area (Å²) in [5, 5.41) is 6.68. The highest BCUT2D eigenvalue weighted by Crippen LogP contribution is 2.23. The lowest BCUT2D eigenvalue weighted by Gasteiger charge is -2.37. The van der Waals surface area contributed by atoms with Crippen LogP contribution in [0.3, 0.4) is 0 Å². The van der Waals surface area contributed by atoms with Gasteiger partial charge < -0.3 is 20.1 Å². The van der Waals surface area contributed by atoms with Crippen LogP contribution in [0, 0.1) is 5.92 Å². The molecule has 0 aromatic heterocycles. The average molecular weight is 382 g/mol. The van der Waals surface area contributed by atoms with Crippen molar-refractivity contribution in [2.45, 2.75) is 25.4 Å². The van der Waals surface area contributed by atoms with Gasteiger partial charge in [0.1, 0.15) is 0 Å². The number of benzene rings is 1. The Morgan fingerprint density at radius 2 is 2.04 bits per heavy atom. The largest absolute Gasteiger partial charge is 0.381 e. The molecule has 0 aliphatic carbocycles. The smallest absolute Gasteiger partial charge is 0.315 e. The number of carbonyl (C=O) groups is 1. The third-order valence-corrected chi connectivity index (χ3v) is 5.56. The molecular formula is C19H28ClN3O3. The molecule has 6 nitrogen and oxygen atoms in total. The highest BCUT2D eigenvalue weighted by molar-refractivity contribution is 6.31. The number of hydrogen-bond donors (Lipinski definition) is 2. The molecule has 0 bridgehead atoms. The molecular weight excluding hydrogens is 354 g/mol. The number of carbonyl (C=O) groups excluding carboxylic acids is 1. The van der Waals surface area contributed by atoms with Crippen molar-refractivity contribution in [3.8, 4) is 0 Å². The van der Waals surface area contributed by atoms with Gasteiger partial charge in [0.05, 0.1) is 25.9 Å². The van der Waals surface area contributed by atoms with Crippen molar-refractivity contribution in [1.82, 2.24) is 15.5 Å². The number of hydrogen-bond acceptors (Lipinski definition) is 4. The summed E-state index contributed by atoms with van der Waals surface area (Å²) in [5.41, 5.74) is 0.915. The molecule has 144 valence electrons. The van der Waals surface area contributed by atoms with E-state index >= 15 is 0 Å². The van der Waals surface area contributed by atoms with Gasteiger partial charge in [-0.3, -0.25) is 4.90 Å². The summed E-state index contributed by atoms with van der Waals surface area (Å²) in [5.74, 6) is 0.453. The normalized spacial score (nSPS) is 23.4. The Kier molecular flexibility index (Phi) is 7.14. The molecule has 0 radical (unpaired) electrons. The molecule has 2 fully saturated rings. The van der Waals surface area contributed by atoms with E-state index in [0.29, 0.717) is 17.5 Å². The minimum absolute atomic E-state index is 0.152. The Morgan fingerprint density at radius 3 is 2.73 bits per heavy atom. The van der Waals surface area contributed by atoms with Crippen molar-refractivity contribution in [2.24, 2.45) is 5.92 Å². The van der Waals surface area contributed by atoms with E-state index in [4.69, 9.17) is 21.1 Å². The van der Waals surface area contributed by atoms with Crippen LogP contribution in [-0.4, -0.2) is 63.0 Å². The van der Waals surface area contributed by atoms with E-state index in [9.17, 15) is 4.79 Å². The van der Waals surface area contributed by atoms with Gasteiger partial charge in [0, 0.05) is 43.2 Å². The van der Waals surface area contributed by atoms with E-state index in [1.165, 1.54) is 0 Å². The SMILES string of the molecule is CC(NC(=O)NCC(C1CCOC1)N1CCOCC1)c1ccccc1Cl. The summed E-state index contributed by atoms with van der Waals surface area (Å²) in [7, 11) is 0. The summed E-state index contributed by atoms with van der Waals surface area (Å²) >= 11 is 6.21. The van der Waals surface area contributed by atoms with Crippen LogP contribution in [0.15, 0.2) is 24.3 Å². The first kappa shape index (κ1) is 19.4. The van der Waals surface area contributed by atoms with E-state index in [-0.39, 0.29) is 18.1 Å². The Labute approximate surface area is 160 Å². The molecule has 3 rings (SSSR count). The number of nitrogens with one attached hydrogen (secondary N) is 2. The van der Waals surface area contributed by atoms with Crippen molar-refractivity contribution in [1.29, 1.82) is 0 Å². The standard InChI is InChI=1S/C19H28ClN3O3/c1-14(16-4-2-3-5-17(16)20)22-19(24)21-12-18(15-6-9-26-13-15)23-7-10-25-11-8-23/h2-5,14-15,18H,6-13H2,1H3,(H2,21,22,24). The molecule has 2 heterocycles. The van der Waals surface area contributed by atoms with Crippen LogP contribution >= 0.6 is 11.6 Å². The van der Waals surface area contributed by atoms with Gasteiger partial charge in [-0.25, -0.2) is 4.79 Å². The number of halogens is 1. The summed E-state index contributed by atoms with van der Waals surface area (Å²) in [6, 6.07) is 7.53. The zero-order valence-electron chi connectivity index (χ0n) is 15.2. The van der Waals surface area contributed by atoms with Gasteiger partial charge in [0.2, 0.25) is 0 Å². The van der Waals surface area contributed by atoms with Crippen LogP contribution in [0.5, 0.6) is 0 Å². The molecule has 2 aliphatic heterocycles. The zero-order valence-corrected chi connectivity index (χ0v) is 16.0. The molecule has 7 heteroatoms. The van der Waals surface area contributed by atoms with Gasteiger partial charge in [0.15, 0.2) is 0 Å². The predicted octanol–water partition coefficient (Wildman–Crippen LogP) is 2.44. The van der Waals surface area contributed by atoms with Crippen LogP contribution in [0.25, 0.3) is 0 Å². The lowest BCUT2D eigenvalue weighted by atomic mass is 9.97. The number of rotatable bonds is 6. The fourth-order valence-corrected chi connectivity index (χ4v) is 4.01. The van der Waals surface area contributed by atoms with Crippen LogP contribution < -0.4 is 10.6 Å². The Bertz CT molecular complexity index is 589. The second-order valence-corrected chi connectivity index (χ2v) is 7.34. The molecule has 2 amide bonds. The molecule has 2 saturated heterocycles. The lowest BCUT2D eigenvalue weighted by molar-refractivity contribution is 0.00211. The second-order valence-electron chi connectivity index (χ2n) is 6.94. The van der Waals surface area contributed by atoms with E-state index in [1.54, 1.807) is 0 Å². The van der Waals surface area contributed by atoms with Gasteiger partial charge in [-0.05, 0) is 25.0 Å². The molecule has 26 heavy (non-hydrogen) atoms. The second kappa shape index (κ2) is 9.55. The monoisotopic (exact) mass is 381 g/mol. The summed E-state index contributed by atoms with van der Waals surface area (Å²) < 4.78 is 11.0. The van der Waals surface area contributed by atoms with Crippen LogP contribution in [0.4, 0.5) is 4.79 Å². The summed E-state index contributed by atoms with van der Waals surface area (Å²) in [4.78, 5) is 14.8. The summed E-state index contributed by atoms with van der Waals surface area (Å²) in [6.07, 6.45) is 1.04. The highest BCUT2D eigenvalue weighted by Gasteiger charge is 2.31. The van der Waals surface area contributed by atoms with E-state index in [2.05, 4.69) is 15.5 Å². The number of urea groups is 1. The van der Waals surface area contributed by atoms with Gasteiger partial charge in [-0.2, -0.15) is 0 Å². The van der Waals surface area contributed by atoms with Crippen LogP contribution in [0.2, 0.25) is 5.02 Å².